The first-order valence-corrected chi connectivity index (χ1v) is 9.02. The van der Waals surface area contributed by atoms with E-state index in [4.69, 9.17) is 10.2 Å². The van der Waals surface area contributed by atoms with Crippen LogP contribution in [0.15, 0.2) is 53.3 Å². The molecule has 0 saturated carbocycles. The Balaban J connectivity index is 1.51. The van der Waals surface area contributed by atoms with Crippen molar-refractivity contribution in [3.8, 4) is 22.6 Å². The smallest absolute Gasteiger partial charge is 0.231 e. The average Bonchev–Trinajstić information content (AvgIpc) is 3.40. The molecular formula is C20H20N6O. The molecule has 0 radical (unpaired) electrons. The van der Waals surface area contributed by atoms with Gasteiger partial charge in [-0.15, -0.1) is 0 Å². The average molecular weight is 360 g/mol. The highest BCUT2D eigenvalue weighted by atomic mass is 16.3. The van der Waals surface area contributed by atoms with Gasteiger partial charge in [-0.2, -0.15) is 5.10 Å². The van der Waals surface area contributed by atoms with Crippen LogP contribution in [0.4, 0.5) is 5.82 Å². The van der Waals surface area contributed by atoms with Crippen molar-refractivity contribution in [2.45, 2.75) is 12.5 Å². The lowest BCUT2D eigenvalue weighted by Crippen LogP contribution is -2.16. The predicted octanol–water partition coefficient (Wildman–Crippen LogP) is 3.21. The Kier molecular flexibility index (Phi) is 3.68. The van der Waals surface area contributed by atoms with E-state index in [9.17, 15) is 0 Å². The van der Waals surface area contributed by atoms with Crippen LogP contribution in [-0.2, 0) is 0 Å². The van der Waals surface area contributed by atoms with Crippen LogP contribution < -0.4 is 5.73 Å². The molecule has 1 aliphatic rings. The summed E-state index contributed by atoms with van der Waals surface area (Å²) < 4.78 is 7.92. The Morgan fingerprint density at radius 1 is 1.19 bits per heavy atom. The maximum absolute atomic E-state index is 6.10. The molecule has 0 bridgehead atoms. The highest BCUT2D eigenvalue weighted by Crippen LogP contribution is 2.31. The summed E-state index contributed by atoms with van der Waals surface area (Å²) >= 11 is 0. The van der Waals surface area contributed by atoms with Crippen LogP contribution in [-0.4, -0.2) is 44.8 Å². The largest absolute Gasteiger partial charge is 0.436 e. The van der Waals surface area contributed by atoms with Crippen molar-refractivity contribution in [1.29, 1.82) is 0 Å². The molecule has 4 aromatic rings. The van der Waals surface area contributed by atoms with Crippen molar-refractivity contribution < 1.29 is 4.42 Å². The monoisotopic (exact) mass is 360 g/mol. The summed E-state index contributed by atoms with van der Waals surface area (Å²) in [5.41, 5.74) is 10.3. The van der Waals surface area contributed by atoms with E-state index in [0.717, 1.165) is 41.7 Å². The lowest BCUT2D eigenvalue weighted by atomic mass is 10.1. The molecule has 136 valence electrons. The van der Waals surface area contributed by atoms with Crippen LogP contribution >= 0.6 is 0 Å². The van der Waals surface area contributed by atoms with E-state index in [-0.39, 0.29) is 0 Å². The second-order valence-electron chi connectivity index (χ2n) is 7.06. The number of rotatable bonds is 3. The number of hydrogen-bond donors (Lipinski definition) is 1. The fourth-order valence-corrected chi connectivity index (χ4v) is 3.61. The van der Waals surface area contributed by atoms with E-state index in [1.54, 1.807) is 6.20 Å². The second kappa shape index (κ2) is 6.21. The zero-order valence-corrected chi connectivity index (χ0v) is 15.0. The second-order valence-corrected chi connectivity index (χ2v) is 7.06. The Labute approximate surface area is 156 Å². The molecule has 1 aliphatic heterocycles. The number of nitrogens with two attached hydrogens (primary N) is 1. The maximum Gasteiger partial charge on any atom is 0.231 e. The topological polar surface area (TPSA) is 86.0 Å². The van der Waals surface area contributed by atoms with Crippen LogP contribution in [0.5, 0.6) is 0 Å². The van der Waals surface area contributed by atoms with Gasteiger partial charge in [-0.1, -0.05) is 12.1 Å². The Hall–Kier alpha value is -3.19. The van der Waals surface area contributed by atoms with Gasteiger partial charge in [-0.3, -0.25) is 4.68 Å². The molecule has 27 heavy (non-hydrogen) atoms. The summed E-state index contributed by atoms with van der Waals surface area (Å²) in [6.45, 7) is 2.13. The van der Waals surface area contributed by atoms with Crippen LogP contribution in [0.2, 0.25) is 0 Å². The number of pyridine rings is 1. The van der Waals surface area contributed by atoms with E-state index >= 15 is 0 Å². The normalized spacial score (nSPS) is 17.7. The Morgan fingerprint density at radius 3 is 2.89 bits per heavy atom. The minimum Gasteiger partial charge on any atom is -0.436 e. The fourth-order valence-electron chi connectivity index (χ4n) is 3.61. The van der Waals surface area contributed by atoms with Crippen molar-refractivity contribution in [2.24, 2.45) is 0 Å². The molecule has 7 nitrogen and oxygen atoms in total. The van der Waals surface area contributed by atoms with Gasteiger partial charge in [0, 0.05) is 30.1 Å². The number of aromatic nitrogens is 4. The van der Waals surface area contributed by atoms with Gasteiger partial charge < -0.3 is 15.1 Å². The van der Waals surface area contributed by atoms with Crippen LogP contribution in [0.1, 0.15) is 12.5 Å². The molecule has 0 amide bonds. The highest BCUT2D eigenvalue weighted by molar-refractivity contribution is 5.80. The van der Waals surface area contributed by atoms with Gasteiger partial charge >= 0.3 is 0 Å². The third-order valence-corrected chi connectivity index (χ3v) is 5.12. The molecule has 1 fully saturated rings. The first-order chi connectivity index (χ1) is 13.2. The standard InChI is InChI=1S/C20H20N6O/c1-25-7-6-15(12-25)26-11-14(10-23-26)13-8-16(19(21)22-9-13)20-24-17-4-2-3-5-18(17)27-20/h2-5,8-11,15H,6-7,12H2,1H3,(H2,21,22). The van der Waals surface area contributed by atoms with Gasteiger partial charge in [0.2, 0.25) is 5.89 Å². The van der Waals surface area contributed by atoms with Gasteiger partial charge in [-0.05, 0) is 38.2 Å². The Bertz CT molecular complexity index is 1080. The number of oxazole rings is 1. The van der Waals surface area contributed by atoms with Crippen molar-refractivity contribution >= 4 is 16.9 Å². The molecule has 7 heteroatoms. The summed E-state index contributed by atoms with van der Waals surface area (Å²) in [5, 5.41) is 4.56. The van der Waals surface area contributed by atoms with E-state index in [0.29, 0.717) is 23.3 Å². The maximum atomic E-state index is 6.10. The number of anilines is 1. The van der Waals surface area contributed by atoms with Crippen molar-refractivity contribution in [3.05, 3.63) is 48.9 Å². The van der Waals surface area contributed by atoms with Crippen molar-refractivity contribution in [3.63, 3.8) is 0 Å². The number of fused-ring (bicyclic) bond motifs is 1. The van der Waals surface area contributed by atoms with Gasteiger partial charge in [0.15, 0.2) is 5.58 Å². The molecule has 4 heterocycles. The van der Waals surface area contributed by atoms with E-state index in [1.807, 2.05) is 41.2 Å². The molecule has 0 spiro atoms. The molecule has 1 unspecified atom stereocenters. The van der Waals surface area contributed by atoms with Crippen molar-refractivity contribution in [1.82, 2.24) is 24.6 Å². The summed E-state index contributed by atoms with van der Waals surface area (Å²) in [5.74, 6) is 0.878. The zero-order chi connectivity index (χ0) is 18.4. The summed E-state index contributed by atoms with van der Waals surface area (Å²) in [6, 6.07) is 10.0. The van der Waals surface area contributed by atoms with Crippen molar-refractivity contribution in [2.75, 3.05) is 25.9 Å². The molecule has 1 aromatic carbocycles. The molecule has 1 atom stereocenters. The summed E-state index contributed by atoms with van der Waals surface area (Å²) in [4.78, 5) is 11.2. The Morgan fingerprint density at radius 2 is 2.07 bits per heavy atom. The SMILES string of the molecule is CN1CCC(n2cc(-c3cnc(N)c(-c4nc5ccccc5o4)c3)cn2)C1. The van der Waals surface area contributed by atoms with E-state index in [1.165, 1.54) is 0 Å². The number of benzene rings is 1. The molecule has 2 N–H and O–H groups in total. The minimum atomic E-state index is 0.398. The number of nitrogens with zero attached hydrogens (tertiary/aromatic N) is 5. The van der Waals surface area contributed by atoms with E-state index in [2.05, 4.69) is 33.2 Å². The fraction of sp³-hybridized carbons (Fsp3) is 0.250. The third-order valence-electron chi connectivity index (χ3n) is 5.12. The molecular weight excluding hydrogens is 340 g/mol. The summed E-state index contributed by atoms with van der Waals surface area (Å²) in [6.07, 6.45) is 6.84. The third kappa shape index (κ3) is 2.86. The molecule has 0 aliphatic carbocycles. The lowest BCUT2D eigenvalue weighted by molar-refractivity contribution is 0.382. The van der Waals surface area contributed by atoms with Gasteiger partial charge in [0.05, 0.1) is 17.8 Å². The van der Waals surface area contributed by atoms with Crippen LogP contribution in [0.3, 0.4) is 0 Å². The number of likely N-dealkylation sites (tertiary alicyclic amines) is 1. The molecule has 3 aromatic heterocycles. The molecule has 1 saturated heterocycles. The first-order valence-electron chi connectivity index (χ1n) is 9.02. The number of para-hydroxylation sites is 2. The zero-order valence-electron chi connectivity index (χ0n) is 15.0. The van der Waals surface area contributed by atoms with Crippen LogP contribution in [0.25, 0.3) is 33.7 Å². The quantitative estimate of drug-likeness (QED) is 0.604. The lowest BCUT2D eigenvalue weighted by Gasteiger charge is -2.10. The number of nitrogen functional groups attached to an aromatic ring is 1. The minimum absolute atomic E-state index is 0.398. The van der Waals surface area contributed by atoms with Gasteiger partial charge in [-0.25, -0.2) is 9.97 Å². The van der Waals surface area contributed by atoms with Gasteiger partial charge in [0.1, 0.15) is 11.3 Å². The number of hydrogen-bond acceptors (Lipinski definition) is 6. The van der Waals surface area contributed by atoms with Crippen LogP contribution in [0, 0.1) is 0 Å². The van der Waals surface area contributed by atoms with E-state index < -0.39 is 0 Å². The predicted molar refractivity (Wildman–Crippen MR) is 104 cm³/mol. The molecule has 5 rings (SSSR count). The highest BCUT2D eigenvalue weighted by Gasteiger charge is 2.22. The van der Waals surface area contributed by atoms with Gasteiger partial charge in [0.25, 0.3) is 0 Å². The summed E-state index contributed by atoms with van der Waals surface area (Å²) in [7, 11) is 2.14. The number of likely N-dealkylation sites (N-methyl/N-ethyl adjacent to an activating group) is 1. The first kappa shape index (κ1) is 16.0.